The molecule has 0 radical (unpaired) electrons. The van der Waals surface area contributed by atoms with Crippen LogP contribution in [0, 0.1) is 10.8 Å². The lowest BCUT2D eigenvalue weighted by atomic mass is 9.68. The number of anilines is 2. The lowest BCUT2D eigenvalue weighted by Crippen LogP contribution is -2.84. The summed E-state index contributed by atoms with van der Waals surface area (Å²) in [5, 5.41) is 0. The van der Waals surface area contributed by atoms with Crippen molar-refractivity contribution >= 4 is 58.6 Å². The van der Waals surface area contributed by atoms with Gasteiger partial charge in [-0.1, -0.05) is 24.3 Å². The number of β-lactam (4-membered cyclic amide) rings is 8. The number of benzene rings is 2. The van der Waals surface area contributed by atoms with Gasteiger partial charge in [-0.3, -0.25) is 48.2 Å². The summed E-state index contributed by atoms with van der Waals surface area (Å²) < 4.78 is 0. The van der Waals surface area contributed by atoms with Crippen LogP contribution < -0.4 is 9.80 Å². The molecule has 4 fully saturated rings. The zero-order valence-electron chi connectivity index (χ0n) is 19.4. The van der Waals surface area contributed by atoms with Gasteiger partial charge in [-0.05, 0) is 42.3 Å². The molecule has 0 bridgehead atoms. The Morgan fingerprint density at radius 3 is 1.16 bits per heavy atom. The Morgan fingerprint density at radius 2 is 0.838 bits per heavy atom. The van der Waals surface area contributed by atoms with E-state index < -0.39 is 58.1 Å². The number of amides is 8. The highest BCUT2D eigenvalue weighted by molar-refractivity contribution is 6.60. The Hall–Kier alpha value is -5.00. The van der Waals surface area contributed by atoms with Gasteiger partial charge in [0.1, 0.15) is 0 Å². The zero-order chi connectivity index (χ0) is 26.6. The van der Waals surface area contributed by atoms with Crippen LogP contribution >= 0.6 is 0 Å². The summed E-state index contributed by atoms with van der Waals surface area (Å²) in [6.45, 7) is 1.66. The van der Waals surface area contributed by atoms with E-state index in [-0.39, 0.29) is 17.9 Å². The van der Waals surface area contributed by atoms with E-state index in [9.17, 15) is 38.4 Å². The van der Waals surface area contributed by atoms with E-state index in [1.54, 1.807) is 31.2 Å². The molecular formula is C25H16N4O8. The molecule has 0 aromatic heterocycles. The molecule has 2 spiro atoms. The van der Waals surface area contributed by atoms with Crippen LogP contribution in [0.3, 0.4) is 0 Å². The van der Waals surface area contributed by atoms with Crippen LogP contribution in [0.25, 0.3) is 11.1 Å². The Labute approximate surface area is 208 Å². The van der Waals surface area contributed by atoms with Crippen molar-refractivity contribution in [2.75, 3.05) is 23.4 Å². The largest absolute Gasteiger partial charge is 0.285 e. The van der Waals surface area contributed by atoms with Gasteiger partial charge in [-0.2, -0.15) is 0 Å². The molecule has 0 aliphatic carbocycles. The van der Waals surface area contributed by atoms with E-state index >= 15 is 0 Å². The highest BCUT2D eigenvalue weighted by Gasteiger charge is 2.81. The molecule has 184 valence electrons. The number of likely N-dealkylation sites (tertiary alicyclic amines) is 2. The van der Waals surface area contributed by atoms with Gasteiger partial charge < -0.3 is 0 Å². The van der Waals surface area contributed by atoms with Crippen molar-refractivity contribution in [3.8, 4) is 11.1 Å². The van der Waals surface area contributed by atoms with Crippen LogP contribution in [0.2, 0.25) is 0 Å². The lowest BCUT2D eigenvalue weighted by molar-refractivity contribution is -0.188. The highest BCUT2D eigenvalue weighted by atomic mass is 16.2. The summed E-state index contributed by atoms with van der Waals surface area (Å²) in [6.07, 6.45) is 0. The molecule has 37 heavy (non-hydrogen) atoms. The van der Waals surface area contributed by atoms with Crippen LogP contribution in [0.1, 0.15) is 6.92 Å². The molecule has 2 aromatic carbocycles. The zero-order valence-corrected chi connectivity index (χ0v) is 19.4. The fourth-order valence-electron chi connectivity index (χ4n) is 5.20. The number of hydrogen-bond acceptors (Lipinski definition) is 8. The summed E-state index contributed by atoms with van der Waals surface area (Å²) in [5.74, 6) is -6.77. The van der Waals surface area contributed by atoms with Gasteiger partial charge in [0, 0.05) is 13.6 Å². The standard InChI is InChI=1S/C25H16N4O8/c1-3-27-18(32)25(19(27)33)22(36)29(23(25)37)15-10-6-13(7-11-15)12-4-8-14(9-5-12)28-20(34)24(21(28)35)16(30)26(2)17(24)31/h4-11H,3H2,1-2H3. The number of carbonyl (C=O) groups excluding carboxylic acids is 8. The lowest BCUT2D eigenvalue weighted by Gasteiger charge is -2.52. The first kappa shape index (κ1) is 22.5. The Kier molecular flexibility index (Phi) is 4.14. The van der Waals surface area contributed by atoms with Gasteiger partial charge in [0.25, 0.3) is 58.1 Å². The number of hydrogen-bond donors (Lipinski definition) is 0. The molecule has 12 heteroatoms. The first-order valence-electron chi connectivity index (χ1n) is 11.2. The molecule has 4 aliphatic rings. The van der Waals surface area contributed by atoms with Crippen LogP contribution in [-0.2, 0) is 38.4 Å². The van der Waals surface area contributed by atoms with E-state index in [0.717, 1.165) is 19.6 Å². The number of carbonyl (C=O) groups is 8. The molecule has 4 saturated heterocycles. The third-order valence-electron chi connectivity index (χ3n) is 7.38. The maximum atomic E-state index is 12.7. The third kappa shape index (κ3) is 2.19. The Morgan fingerprint density at radius 1 is 0.514 bits per heavy atom. The molecule has 2 aromatic rings. The van der Waals surface area contributed by atoms with Crippen LogP contribution in [0.5, 0.6) is 0 Å². The van der Waals surface area contributed by atoms with E-state index in [2.05, 4.69) is 0 Å². The summed E-state index contributed by atoms with van der Waals surface area (Å²) in [6, 6.07) is 12.4. The maximum Gasteiger partial charge on any atom is 0.285 e. The Bertz CT molecular complexity index is 1470. The molecule has 4 heterocycles. The topological polar surface area (TPSA) is 150 Å². The van der Waals surface area contributed by atoms with Gasteiger partial charge in [-0.15, -0.1) is 0 Å². The second-order valence-corrected chi connectivity index (χ2v) is 9.01. The normalized spacial score (nSPS) is 21.5. The molecule has 12 nitrogen and oxygen atoms in total. The average Bonchev–Trinajstić information content (AvgIpc) is 2.90. The van der Waals surface area contributed by atoms with Gasteiger partial charge in [0.05, 0.1) is 11.4 Å². The van der Waals surface area contributed by atoms with Crippen molar-refractivity contribution < 1.29 is 38.4 Å². The summed E-state index contributed by atoms with van der Waals surface area (Å²) >= 11 is 0. The van der Waals surface area contributed by atoms with Crippen molar-refractivity contribution in [1.29, 1.82) is 0 Å². The summed E-state index contributed by atoms with van der Waals surface area (Å²) in [4.78, 5) is 102. The number of imide groups is 4. The predicted molar refractivity (Wildman–Crippen MR) is 122 cm³/mol. The summed E-state index contributed by atoms with van der Waals surface area (Å²) in [5.41, 5.74) is -2.73. The van der Waals surface area contributed by atoms with Crippen molar-refractivity contribution in [3.05, 3.63) is 48.5 Å². The summed E-state index contributed by atoms with van der Waals surface area (Å²) in [7, 11) is 1.21. The second kappa shape index (κ2) is 6.81. The molecule has 8 amide bonds. The van der Waals surface area contributed by atoms with E-state index in [1.807, 2.05) is 0 Å². The van der Waals surface area contributed by atoms with Crippen molar-refractivity contribution in [1.82, 2.24) is 9.80 Å². The third-order valence-corrected chi connectivity index (χ3v) is 7.38. The van der Waals surface area contributed by atoms with Gasteiger partial charge in [-0.25, -0.2) is 9.80 Å². The molecule has 0 saturated carbocycles. The number of nitrogens with zero attached hydrogens (tertiary/aromatic N) is 4. The SMILES string of the molecule is CCN1C(=O)C2(C1=O)C(=O)N(c1ccc(-c3ccc(N4C(=O)C5(C(=O)N(C)C5=O)C4=O)cc3)cc1)C2=O. The molecule has 6 rings (SSSR count). The maximum absolute atomic E-state index is 12.7. The average molecular weight is 500 g/mol. The van der Waals surface area contributed by atoms with Crippen LogP contribution in [0.15, 0.2) is 48.5 Å². The van der Waals surface area contributed by atoms with Crippen molar-refractivity contribution in [3.63, 3.8) is 0 Å². The minimum atomic E-state index is -2.24. The molecule has 0 atom stereocenters. The first-order valence-corrected chi connectivity index (χ1v) is 11.2. The molecule has 4 aliphatic heterocycles. The van der Waals surface area contributed by atoms with Gasteiger partial charge >= 0.3 is 0 Å². The smallest absolute Gasteiger partial charge is 0.282 e. The van der Waals surface area contributed by atoms with Crippen LogP contribution in [0.4, 0.5) is 11.4 Å². The molecular weight excluding hydrogens is 484 g/mol. The predicted octanol–water partition coefficient (Wildman–Crippen LogP) is -0.540. The fourth-order valence-corrected chi connectivity index (χ4v) is 5.20. The minimum absolute atomic E-state index is 0.0853. The van der Waals surface area contributed by atoms with E-state index in [4.69, 9.17) is 0 Å². The van der Waals surface area contributed by atoms with E-state index in [1.165, 1.54) is 31.3 Å². The van der Waals surface area contributed by atoms with Crippen molar-refractivity contribution in [2.45, 2.75) is 6.92 Å². The molecule has 0 N–H and O–H groups in total. The van der Waals surface area contributed by atoms with Crippen LogP contribution in [-0.4, -0.2) is 70.6 Å². The van der Waals surface area contributed by atoms with Gasteiger partial charge in [0.15, 0.2) is 0 Å². The first-order chi connectivity index (χ1) is 17.6. The monoisotopic (exact) mass is 500 g/mol. The fraction of sp³-hybridized carbons (Fsp3) is 0.200. The van der Waals surface area contributed by atoms with E-state index in [0.29, 0.717) is 11.1 Å². The quantitative estimate of drug-likeness (QED) is 0.401. The highest BCUT2D eigenvalue weighted by Crippen LogP contribution is 2.48. The molecule has 0 unspecified atom stereocenters. The minimum Gasteiger partial charge on any atom is -0.282 e. The second-order valence-electron chi connectivity index (χ2n) is 9.01. The number of rotatable bonds is 4. The van der Waals surface area contributed by atoms with Gasteiger partial charge in [0.2, 0.25) is 0 Å². The van der Waals surface area contributed by atoms with Crippen molar-refractivity contribution in [2.24, 2.45) is 10.8 Å². The Balaban J connectivity index is 1.18.